The van der Waals surface area contributed by atoms with Gasteiger partial charge in [-0.25, -0.2) is 0 Å². The van der Waals surface area contributed by atoms with Gasteiger partial charge in [-0.1, -0.05) is 192 Å². The van der Waals surface area contributed by atoms with Crippen molar-refractivity contribution in [3.8, 4) is 0 Å². The lowest BCUT2D eigenvalue weighted by atomic mass is 9.92. The number of hydrogen-bond acceptors (Lipinski definition) is 2. The van der Waals surface area contributed by atoms with E-state index in [9.17, 15) is 9.59 Å². The highest BCUT2D eigenvalue weighted by molar-refractivity contribution is 6.39. The summed E-state index contributed by atoms with van der Waals surface area (Å²) in [7, 11) is 0. The first kappa shape index (κ1) is 45.8. The predicted octanol–water partition coefficient (Wildman–Crippen LogP) is 15.8. The standard InChI is InChI=1S/C52H82N2O2/c1-9-13-17-21-23-27-31-41(29-25-19-15-11-3)37-53-49-43-33-36-46-48(40(7)8)52(56)54(50(46)44(43)34-35-45(49)47(39(5)6)51(53)55)38-42(30-26-20-16-12-4)32-28-24-22-18-14-10-2/h33-36,41-42H,9-32,37-38H2,1-8H3. The van der Waals surface area contributed by atoms with E-state index in [-0.39, 0.29) is 11.8 Å². The molecule has 56 heavy (non-hydrogen) atoms. The van der Waals surface area contributed by atoms with Gasteiger partial charge in [0.25, 0.3) is 11.8 Å². The number of anilines is 2. The molecular weight excluding hydrogens is 685 g/mol. The highest BCUT2D eigenvalue weighted by Gasteiger charge is 2.39. The van der Waals surface area contributed by atoms with Crippen LogP contribution in [0.2, 0.25) is 0 Å². The van der Waals surface area contributed by atoms with E-state index in [2.05, 4.69) is 89.5 Å². The summed E-state index contributed by atoms with van der Waals surface area (Å²) in [5, 5.41) is 2.25. The van der Waals surface area contributed by atoms with Crippen LogP contribution < -0.4 is 9.80 Å². The number of allylic oxidation sites excluding steroid dienone is 2. The minimum atomic E-state index is 0.165. The second-order valence-electron chi connectivity index (χ2n) is 18.1. The zero-order valence-corrected chi connectivity index (χ0v) is 37.6. The van der Waals surface area contributed by atoms with Gasteiger partial charge in [-0.05, 0) is 65.2 Å². The molecule has 4 nitrogen and oxygen atoms in total. The van der Waals surface area contributed by atoms with E-state index in [1.54, 1.807) is 0 Å². The molecule has 2 heterocycles. The van der Waals surface area contributed by atoms with E-state index in [0.29, 0.717) is 11.8 Å². The molecule has 2 amide bonds. The van der Waals surface area contributed by atoms with Crippen LogP contribution in [0.5, 0.6) is 0 Å². The van der Waals surface area contributed by atoms with E-state index in [4.69, 9.17) is 0 Å². The third-order valence-electron chi connectivity index (χ3n) is 12.9. The molecule has 2 aliphatic heterocycles. The molecule has 2 aliphatic rings. The molecule has 0 radical (unpaired) electrons. The number of carbonyl (C=O) groups is 2. The number of unbranched alkanes of at least 4 members (excludes halogenated alkanes) is 16. The normalized spacial score (nSPS) is 15.0. The van der Waals surface area contributed by atoms with Crippen molar-refractivity contribution in [1.29, 1.82) is 0 Å². The Morgan fingerprint density at radius 3 is 1.02 bits per heavy atom. The van der Waals surface area contributed by atoms with Crippen LogP contribution in [0.3, 0.4) is 0 Å². The molecule has 0 N–H and O–H groups in total. The second kappa shape index (κ2) is 24.1. The van der Waals surface area contributed by atoms with E-state index in [1.165, 1.54) is 154 Å². The second-order valence-corrected chi connectivity index (χ2v) is 18.1. The average Bonchev–Trinajstić information content (AvgIpc) is 3.63. The summed E-state index contributed by atoms with van der Waals surface area (Å²) in [6, 6.07) is 8.90. The van der Waals surface area contributed by atoms with Crippen molar-refractivity contribution in [3.63, 3.8) is 0 Å². The Bertz CT molecular complexity index is 1490. The van der Waals surface area contributed by atoms with Gasteiger partial charge in [0.2, 0.25) is 0 Å². The molecule has 0 bridgehead atoms. The van der Waals surface area contributed by atoms with Crippen LogP contribution in [0, 0.1) is 11.8 Å². The van der Waals surface area contributed by atoms with Gasteiger partial charge in [-0.2, -0.15) is 0 Å². The average molecular weight is 767 g/mol. The molecule has 2 unspecified atom stereocenters. The summed E-state index contributed by atoms with van der Waals surface area (Å²) >= 11 is 0. The molecule has 0 aromatic heterocycles. The monoisotopic (exact) mass is 767 g/mol. The smallest absolute Gasteiger partial charge is 0.258 e. The van der Waals surface area contributed by atoms with Crippen LogP contribution in [-0.4, -0.2) is 24.9 Å². The summed E-state index contributed by atoms with van der Waals surface area (Å²) in [6.45, 7) is 19.1. The van der Waals surface area contributed by atoms with Crippen molar-refractivity contribution in [3.05, 3.63) is 46.5 Å². The number of rotatable bonds is 28. The third kappa shape index (κ3) is 12.1. The summed E-state index contributed by atoms with van der Waals surface area (Å²) in [5.41, 5.74) is 8.21. The molecule has 0 spiro atoms. The maximum atomic E-state index is 14.6. The summed E-state index contributed by atoms with van der Waals surface area (Å²) in [6.07, 6.45) is 30.4. The molecular formula is C52H82N2O2. The highest BCUT2D eigenvalue weighted by atomic mass is 16.2. The maximum absolute atomic E-state index is 14.6. The lowest BCUT2D eigenvalue weighted by molar-refractivity contribution is -0.114. The first-order valence-electron chi connectivity index (χ1n) is 23.8. The highest BCUT2D eigenvalue weighted by Crippen LogP contribution is 2.50. The van der Waals surface area contributed by atoms with Gasteiger partial charge in [0, 0.05) is 46.1 Å². The van der Waals surface area contributed by atoms with Crippen LogP contribution in [0.15, 0.2) is 35.4 Å². The van der Waals surface area contributed by atoms with Gasteiger partial charge in [-0.3, -0.25) is 9.59 Å². The van der Waals surface area contributed by atoms with Crippen molar-refractivity contribution < 1.29 is 9.59 Å². The Morgan fingerprint density at radius 2 is 0.714 bits per heavy atom. The number of carbonyl (C=O) groups excluding carboxylic acids is 2. The molecule has 2 aromatic carbocycles. The fourth-order valence-electron chi connectivity index (χ4n) is 9.69. The third-order valence-corrected chi connectivity index (χ3v) is 12.9. The van der Waals surface area contributed by atoms with Crippen LogP contribution in [0.4, 0.5) is 11.4 Å². The van der Waals surface area contributed by atoms with Crippen molar-refractivity contribution >= 4 is 45.1 Å². The number of nitrogens with zero attached hydrogens (tertiary/aromatic N) is 2. The first-order chi connectivity index (χ1) is 27.2. The summed E-state index contributed by atoms with van der Waals surface area (Å²) in [5.74, 6) is 1.31. The van der Waals surface area contributed by atoms with Gasteiger partial charge >= 0.3 is 0 Å². The zero-order chi connectivity index (χ0) is 40.5. The maximum Gasteiger partial charge on any atom is 0.258 e. The fraction of sp³-hybridized carbons (Fsp3) is 0.692. The van der Waals surface area contributed by atoms with Gasteiger partial charge in [0.1, 0.15) is 0 Å². The number of fused-ring (bicyclic) bond motifs is 5. The summed E-state index contributed by atoms with van der Waals surface area (Å²) < 4.78 is 0. The van der Waals surface area contributed by atoms with Gasteiger partial charge in [0.15, 0.2) is 0 Å². The Balaban J connectivity index is 1.73. The molecule has 4 rings (SSSR count). The quantitative estimate of drug-likeness (QED) is 0.0639. The lowest BCUT2D eigenvalue weighted by Gasteiger charge is -2.27. The van der Waals surface area contributed by atoms with E-state index < -0.39 is 0 Å². The van der Waals surface area contributed by atoms with Crippen LogP contribution in [-0.2, 0) is 9.59 Å². The number of benzene rings is 2. The van der Waals surface area contributed by atoms with Crippen molar-refractivity contribution in [1.82, 2.24) is 0 Å². The SMILES string of the molecule is CCCCCCCCC(CCCCCC)CN1C(=O)C(=C(C)C)c2ccc3c4c(ccc3c21)C(=C(C)C)C(=O)N4CC(CCCCCC)CCCCCCCC. The predicted molar refractivity (Wildman–Crippen MR) is 246 cm³/mol. The molecule has 0 saturated heterocycles. The largest absolute Gasteiger partial charge is 0.307 e. The summed E-state index contributed by atoms with van der Waals surface area (Å²) in [4.78, 5) is 33.5. The van der Waals surface area contributed by atoms with Crippen molar-refractivity contribution in [2.75, 3.05) is 22.9 Å². The van der Waals surface area contributed by atoms with Crippen LogP contribution >= 0.6 is 0 Å². The molecule has 2 aromatic rings. The van der Waals surface area contributed by atoms with E-state index in [0.717, 1.165) is 68.7 Å². The molecule has 0 fully saturated rings. The van der Waals surface area contributed by atoms with Crippen molar-refractivity contribution in [2.24, 2.45) is 11.8 Å². The van der Waals surface area contributed by atoms with Crippen molar-refractivity contribution in [2.45, 2.75) is 209 Å². The van der Waals surface area contributed by atoms with Gasteiger partial charge < -0.3 is 9.80 Å². The number of amides is 2. The number of hydrogen-bond donors (Lipinski definition) is 0. The van der Waals surface area contributed by atoms with E-state index >= 15 is 0 Å². The topological polar surface area (TPSA) is 40.6 Å². The first-order valence-corrected chi connectivity index (χ1v) is 23.8. The Kier molecular flexibility index (Phi) is 19.7. The fourth-order valence-corrected chi connectivity index (χ4v) is 9.69. The van der Waals surface area contributed by atoms with Gasteiger partial charge in [0.05, 0.1) is 11.4 Å². The minimum absolute atomic E-state index is 0.165. The molecule has 2 atom stereocenters. The Labute approximate surface area is 344 Å². The Morgan fingerprint density at radius 1 is 0.429 bits per heavy atom. The molecule has 0 saturated carbocycles. The minimum Gasteiger partial charge on any atom is -0.307 e. The van der Waals surface area contributed by atoms with Crippen LogP contribution in [0.25, 0.3) is 21.9 Å². The van der Waals surface area contributed by atoms with Crippen LogP contribution in [0.1, 0.15) is 221 Å². The zero-order valence-electron chi connectivity index (χ0n) is 37.6. The molecule has 4 heteroatoms. The van der Waals surface area contributed by atoms with E-state index in [1.807, 2.05) is 0 Å². The Hall–Kier alpha value is -2.88. The molecule has 0 aliphatic carbocycles. The van der Waals surface area contributed by atoms with Gasteiger partial charge in [-0.15, -0.1) is 0 Å². The molecule has 312 valence electrons. The lowest BCUT2D eigenvalue weighted by Crippen LogP contribution is -2.33.